The van der Waals surface area contributed by atoms with Gasteiger partial charge in [0.15, 0.2) is 23.9 Å². The molecule has 230 valence electrons. The van der Waals surface area contributed by atoms with Crippen molar-refractivity contribution in [3.05, 3.63) is 83.7 Å². The van der Waals surface area contributed by atoms with Crippen LogP contribution < -0.4 is 24.4 Å². The number of nitrogens with one attached hydrogen (secondary N) is 1. The van der Waals surface area contributed by atoms with E-state index in [1.165, 1.54) is 40.9 Å². The second kappa shape index (κ2) is 13.0. The Morgan fingerprint density at radius 1 is 1.02 bits per heavy atom. The monoisotopic (exact) mass is 622 g/mol. The molecule has 44 heavy (non-hydrogen) atoms. The van der Waals surface area contributed by atoms with Crippen LogP contribution in [0.5, 0.6) is 17.2 Å². The molecule has 0 bridgehead atoms. The number of esters is 1. The lowest BCUT2D eigenvalue weighted by Crippen LogP contribution is -2.58. The summed E-state index contributed by atoms with van der Waals surface area (Å²) >= 11 is 1.19. The van der Waals surface area contributed by atoms with E-state index in [0.717, 1.165) is 0 Å². The third kappa shape index (κ3) is 7.13. The summed E-state index contributed by atoms with van der Waals surface area (Å²) in [5, 5.41) is 1.81. The molecule has 2 aliphatic rings. The molecule has 12 heteroatoms. The Kier molecular flexibility index (Phi) is 9.09. The molecule has 0 aliphatic carbocycles. The Morgan fingerprint density at radius 3 is 2.50 bits per heavy atom. The normalized spacial score (nSPS) is 17.1. The quantitative estimate of drug-likeness (QED) is 0.188. The van der Waals surface area contributed by atoms with E-state index in [1.54, 1.807) is 63.2 Å². The zero-order chi connectivity index (χ0) is 31.4. The van der Waals surface area contributed by atoms with Gasteiger partial charge in [0.25, 0.3) is 5.91 Å². The highest BCUT2D eigenvalue weighted by atomic mass is 32.2. The van der Waals surface area contributed by atoms with E-state index in [2.05, 4.69) is 5.32 Å². The Labute approximate surface area is 257 Å². The summed E-state index contributed by atoms with van der Waals surface area (Å²) in [6.45, 7) is 4.57. The topological polar surface area (TPSA) is 120 Å². The number of nitrogens with zero attached hydrogens (tertiary/aromatic N) is 1. The first-order chi connectivity index (χ1) is 21.0. The SMILES string of the molecule is CC(C)(C)OC(=O)CNC(=O)COc1ccccc1[C@@H]1[C@@H](SCC(=O)c2ccc3c(c2)OCO3)C(=O)N1c1ccc(F)cc1. The highest BCUT2D eigenvalue weighted by Crippen LogP contribution is 2.48. The average molecular weight is 623 g/mol. The molecular formula is C32H31FN2O8S. The minimum atomic E-state index is -0.683. The van der Waals surface area contributed by atoms with Crippen molar-refractivity contribution in [3.8, 4) is 17.2 Å². The molecule has 0 radical (unpaired) electrons. The maximum absolute atomic E-state index is 13.7. The van der Waals surface area contributed by atoms with Gasteiger partial charge < -0.3 is 29.2 Å². The molecule has 0 unspecified atom stereocenters. The van der Waals surface area contributed by atoms with E-state index in [9.17, 15) is 23.6 Å². The molecule has 0 aromatic heterocycles. The third-order valence-corrected chi connectivity index (χ3v) is 7.93. The number of carbonyl (C=O) groups is 4. The lowest BCUT2D eigenvalue weighted by Gasteiger charge is -2.47. The van der Waals surface area contributed by atoms with Crippen LogP contribution in [0.1, 0.15) is 42.7 Å². The molecule has 3 aromatic rings. The van der Waals surface area contributed by atoms with Crippen LogP contribution in [0, 0.1) is 5.82 Å². The minimum absolute atomic E-state index is 0.0138. The van der Waals surface area contributed by atoms with Gasteiger partial charge in [0.2, 0.25) is 12.7 Å². The molecule has 0 saturated carbocycles. The first-order valence-corrected chi connectivity index (χ1v) is 14.9. The van der Waals surface area contributed by atoms with Crippen LogP contribution in [0.2, 0.25) is 0 Å². The van der Waals surface area contributed by atoms with Crippen molar-refractivity contribution in [2.24, 2.45) is 0 Å². The molecule has 5 rings (SSSR count). The number of fused-ring (bicyclic) bond motifs is 1. The number of benzene rings is 3. The average Bonchev–Trinajstić information content (AvgIpc) is 3.46. The Morgan fingerprint density at radius 2 is 1.75 bits per heavy atom. The Hall–Kier alpha value is -4.58. The number of rotatable bonds is 11. The van der Waals surface area contributed by atoms with Crippen molar-refractivity contribution < 1.29 is 42.5 Å². The number of ether oxygens (including phenoxy) is 4. The largest absolute Gasteiger partial charge is 0.483 e. The molecule has 2 atom stereocenters. The van der Waals surface area contributed by atoms with Crippen molar-refractivity contribution in [1.29, 1.82) is 0 Å². The van der Waals surface area contributed by atoms with E-state index in [0.29, 0.717) is 34.1 Å². The third-order valence-electron chi connectivity index (χ3n) is 6.69. The van der Waals surface area contributed by atoms with Crippen LogP contribution in [-0.2, 0) is 19.1 Å². The van der Waals surface area contributed by atoms with E-state index in [4.69, 9.17) is 18.9 Å². The highest BCUT2D eigenvalue weighted by molar-refractivity contribution is 8.01. The molecule has 1 saturated heterocycles. The highest BCUT2D eigenvalue weighted by Gasteiger charge is 2.50. The summed E-state index contributed by atoms with van der Waals surface area (Å²) in [7, 11) is 0. The number of ketones is 1. The second-order valence-electron chi connectivity index (χ2n) is 11.0. The summed E-state index contributed by atoms with van der Waals surface area (Å²) in [4.78, 5) is 52.5. The molecule has 2 amide bonds. The number of amides is 2. The standard InChI is InChI=1S/C32H31FN2O8S/c1-32(2,3)43-28(38)15-34-27(37)16-40-24-7-5-4-6-22(24)29-30(31(39)35(29)21-11-9-20(33)10-12-21)44-17-23(36)19-8-13-25-26(14-19)42-18-41-25/h4-14,29-30H,15-18H2,1-3H3,(H,34,37)/t29-,30-/m1/s1. The van der Waals surface area contributed by atoms with E-state index in [1.807, 2.05) is 0 Å². The summed E-state index contributed by atoms with van der Waals surface area (Å²) < 4.78 is 35.4. The van der Waals surface area contributed by atoms with Gasteiger partial charge in [0.1, 0.15) is 29.0 Å². The van der Waals surface area contributed by atoms with Gasteiger partial charge in [-0.1, -0.05) is 18.2 Å². The minimum Gasteiger partial charge on any atom is -0.483 e. The molecule has 1 fully saturated rings. The summed E-state index contributed by atoms with van der Waals surface area (Å²) in [6, 6.07) is 16.8. The predicted molar refractivity (Wildman–Crippen MR) is 161 cm³/mol. The number of para-hydroxylation sites is 1. The number of β-lactam (4-membered cyclic amide) rings is 1. The van der Waals surface area contributed by atoms with Crippen molar-refractivity contribution >= 4 is 41.0 Å². The van der Waals surface area contributed by atoms with E-state index >= 15 is 0 Å². The second-order valence-corrected chi connectivity index (χ2v) is 12.2. The van der Waals surface area contributed by atoms with Crippen LogP contribution in [-0.4, -0.2) is 60.1 Å². The van der Waals surface area contributed by atoms with Crippen molar-refractivity contribution in [3.63, 3.8) is 0 Å². The molecule has 10 nitrogen and oxygen atoms in total. The molecule has 3 aromatic carbocycles. The summed E-state index contributed by atoms with van der Waals surface area (Å²) in [5.74, 6) is -0.594. The lowest BCUT2D eigenvalue weighted by molar-refractivity contribution is -0.154. The van der Waals surface area contributed by atoms with Gasteiger partial charge in [-0.2, -0.15) is 0 Å². The van der Waals surface area contributed by atoms with Gasteiger partial charge in [0, 0.05) is 16.8 Å². The smallest absolute Gasteiger partial charge is 0.325 e. The van der Waals surface area contributed by atoms with Crippen molar-refractivity contribution in [2.75, 3.05) is 30.6 Å². The van der Waals surface area contributed by atoms with Crippen LogP contribution >= 0.6 is 11.8 Å². The summed E-state index contributed by atoms with van der Waals surface area (Å²) in [5.41, 5.74) is 0.827. The van der Waals surface area contributed by atoms with Crippen LogP contribution in [0.3, 0.4) is 0 Å². The fourth-order valence-electron chi connectivity index (χ4n) is 4.73. The molecule has 1 N–H and O–H groups in total. The van der Waals surface area contributed by atoms with E-state index in [-0.39, 0.29) is 30.8 Å². The van der Waals surface area contributed by atoms with Crippen LogP contribution in [0.4, 0.5) is 10.1 Å². The fraction of sp³-hybridized carbons (Fsp3) is 0.312. The van der Waals surface area contributed by atoms with Gasteiger partial charge in [-0.25, -0.2) is 4.39 Å². The maximum atomic E-state index is 13.7. The van der Waals surface area contributed by atoms with E-state index < -0.39 is 41.2 Å². The first kappa shape index (κ1) is 30.9. The van der Waals surface area contributed by atoms with Gasteiger partial charge in [-0.05, 0) is 69.3 Å². The number of halogens is 1. The van der Waals surface area contributed by atoms with Gasteiger partial charge in [-0.3, -0.25) is 19.2 Å². The summed E-state index contributed by atoms with van der Waals surface area (Å²) in [6.07, 6.45) is 0. The van der Waals surface area contributed by atoms with Crippen molar-refractivity contribution in [1.82, 2.24) is 5.32 Å². The Bertz CT molecular complexity index is 1570. The van der Waals surface area contributed by atoms with Crippen LogP contribution in [0.15, 0.2) is 66.7 Å². The number of carbonyl (C=O) groups excluding carboxylic acids is 4. The number of thioether (sulfide) groups is 1. The number of anilines is 1. The predicted octanol–water partition coefficient (Wildman–Crippen LogP) is 4.46. The lowest BCUT2D eigenvalue weighted by atomic mass is 9.91. The fourth-order valence-corrected chi connectivity index (χ4v) is 5.94. The van der Waals surface area contributed by atoms with Gasteiger partial charge in [-0.15, -0.1) is 11.8 Å². The number of Topliss-reactive ketones (excluding diaryl/α,β-unsaturated/α-hetero) is 1. The first-order valence-electron chi connectivity index (χ1n) is 13.8. The molecule has 2 heterocycles. The Balaban J connectivity index is 1.31. The van der Waals surface area contributed by atoms with Gasteiger partial charge in [0.05, 0.1) is 11.8 Å². The zero-order valence-electron chi connectivity index (χ0n) is 24.3. The van der Waals surface area contributed by atoms with Crippen molar-refractivity contribution in [2.45, 2.75) is 37.7 Å². The molecular weight excluding hydrogens is 591 g/mol. The van der Waals surface area contributed by atoms with Crippen LogP contribution in [0.25, 0.3) is 0 Å². The van der Waals surface area contributed by atoms with Gasteiger partial charge >= 0.3 is 5.97 Å². The maximum Gasteiger partial charge on any atom is 0.325 e. The number of hydrogen-bond acceptors (Lipinski definition) is 9. The number of hydrogen-bond donors (Lipinski definition) is 1. The molecule has 2 aliphatic heterocycles. The molecule has 0 spiro atoms. The zero-order valence-corrected chi connectivity index (χ0v) is 25.1.